The number of anilines is 1. The third-order valence-corrected chi connectivity index (χ3v) is 12.8. The molecule has 2 aliphatic carbocycles. The summed E-state index contributed by atoms with van der Waals surface area (Å²) in [5.41, 5.74) is 0.0949. The molecule has 0 spiro atoms. The van der Waals surface area contributed by atoms with Gasteiger partial charge < -0.3 is 29.4 Å². The van der Waals surface area contributed by atoms with Crippen molar-refractivity contribution in [3.8, 4) is 0 Å². The molecule has 2 saturated heterocycles. The van der Waals surface area contributed by atoms with Gasteiger partial charge in [-0.1, -0.05) is 32.1 Å². The van der Waals surface area contributed by atoms with E-state index in [1.54, 1.807) is 43.9 Å². The first-order valence-corrected chi connectivity index (χ1v) is 20.8. The molecule has 3 N–H and O–H groups in total. The number of amides is 4. The zero-order chi connectivity index (χ0) is 38.6. The fourth-order valence-electron chi connectivity index (χ4n) is 8.67. The molecular weight excluding hydrogens is 722 g/mol. The van der Waals surface area contributed by atoms with Crippen LogP contribution >= 0.6 is 0 Å². The highest BCUT2D eigenvalue weighted by Crippen LogP contribution is 2.41. The van der Waals surface area contributed by atoms with Crippen LogP contribution in [0.1, 0.15) is 95.5 Å². The first-order chi connectivity index (χ1) is 25.7. The van der Waals surface area contributed by atoms with Gasteiger partial charge in [-0.2, -0.15) is 12.7 Å². The number of nitrogens with one attached hydrogen (secondary N) is 3. The fourth-order valence-corrected chi connectivity index (χ4v) is 9.76. The van der Waals surface area contributed by atoms with Gasteiger partial charge in [0, 0.05) is 36.6 Å². The lowest BCUT2D eigenvalue weighted by Gasteiger charge is -2.37. The maximum Gasteiger partial charge on any atom is 0.407 e. The molecule has 0 bridgehead atoms. The zero-order valence-electron chi connectivity index (χ0n) is 31.4. The van der Waals surface area contributed by atoms with E-state index in [1.807, 2.05) is 0 Å². The molecule has 1 aromatic carbocycles. The van der Waals surface area contributed by atoms with Gasteiger partial charge in [0.1, 0.15) is 23.9 Å². The number of rotatable bonds is 10. The van der Waals surface area contributed by atoms with Crippen LogP contribution in [0.2, 0.25) is 0 Å². The minimum Gasteiger partial charge on any atom is -0.451 e. The van der Waals surface area contributed by atoms with Gasteiger partial charge in [-0.3, -0.25) is 14.4 Å². The van der Waals surface area contributed by atoms with E-state index in [4.69, 9.17) is 13.9 Å². The Morgan fingerprint density at radius 3 is 2.31 bits per heavy atom. The molecule has 1 aromatic heterocycles. The van der Waals surface area contributed by atoms with E-state index in [9.17, 15) is 32.0 Å². The lowest BCUT2D eigenvalue weighted by molar-refractivity contribution is -0.142. The molecule has 16 heteroatoms. The number of furan rings is 1. The number of benzene rings is 1. The lowest BCUT2D eigenvalue weighted by Crippen LogP contribution is -2.50. The molecule has 4 aliphatic rings. The molecule has 3 atom stereocenters. The quantitative estimate of drug-likeness (QED) is 0.295. The van der Waals surface area contributed by atoms with Crippen molar-refractivity contribution in [1.82, 2.24) is 19.2 Å². The maximum atomic E-state index is 14.2. The largest absolute Gasteiger partial charge is 0.451 e. The molecule has 0 unspecified atom stereocenters. The predicted molar refractivity (Wildman–Crippen MR) is 198 cm³/mol. The van der Waals surface area contributed by atoms with E-state index >= 15 is 0 Å². The summed E-state index contributed by atoms with van der Waals surface area (Å²) in [5, 5.41) is 6.21. The lowest BCUT2D eigenvalue weighted by atomic mass is 9.76. The fraction of sp³-hybridized carbons (Fsp3) is 0.684. The van der Waals surface area contributed by atoms with E-state index < -0.39 is 46.6 Å². The average molecular weight is 776 g/mol. The van der Waals surface area contributed by atoms with Crippen molar-refractivity contribution < 1.29 is 45.9 Å². The molecular formula is C38H54FN5O9S. The number of carbonyl (C=O) groups is 4. The van der Waals surface area contributed by atoms with Crippen molar-refractivity contribution in [3.63, 3.8) is 0 Å². The van der Waals surface area contributed by atoms with Crippen molar-refractivity contribution in [3.05, 3.63) is 30.0 Å². The summed E-state index contributed by atoms with van der Waals surface area (Å²) >= 11 is 0. The van der Waals surface area contributed by atoms with Crippen LogP contribution < -0.4 is 15.4 Å². The average Bonchev–Trinajstić information content (AvgIpc) is 3.79. The Kier molecular flexibility index (Phi) is 12.5. The molecule has 2 saturated carbocycles. The number of likely N-dealkylation sites (tertiary alicyclic amines) is 1. The summed E-state index contributed by atoms with van der Waals surface area (Å²) in [4.78, 5) is 55.4. The molecule has 4 fully saturated rings. The van der Waals surface area contributed by atoms with E-state index in [2.05, 4.69) is 15.4 Å². The molecule has 2 aliphatic heterocycles. The summed E-state index contributed by atoms with van der Waals surface area (Å²) in [6, 6.07) is 5.00. The van der Waals surface area contributed by atoms with Crippen molar-refractivity contribution in [2.24, 2.45) is 23.7 Å². The summed E-state index contributed by atoms with van der Waals surface area (Å²) in [6.07, 6.45) is 7.69. The van der Waals surface area contributed by atoms with Crippen LogP contribution in [0.3, 0.4) is 0 Å². The van der Waals surface area contributed by atoms with Crippen molar-refractivity contribution in [1.29, 1.82) is 0 Å². The van der Waals surface area contributed by atoms with Gasteiger partial charge in [0.2, 0.25) is 11.8 Å². The number of halogens is 1. The number of carbonyl (C=O) groups excluding carboxylic acids is 4. The molecule has 2 aromatic rings. The second-order valence-corrected chi connectivity index (χ2v) is 17.8. The number of hydrogen-bond acceptors (Lipinski definition) is 9. The zero-order valence-corrected chi connectivity index (χ0v) is 32.3. The first kappa shape index (κ1) is 39.9. The SMILES string of the molecule is CC(C)(C)OC(=O)N[C@H](CF)C1CCC(C(=O)N2CC[C@@H](C3CCCCC3)[C@H]2C(=O)Nc2ccc3oc(C(=O)NS(=O)(=O)N4CCOCC4)cc3c2)CC1. The van der Waals surface area contributed by atoms with E-state index in [0.717, 1.165) is 36.4 Å². The van der Waals surface area contributed by atoms with Gasteiger partial charge >= 0.3 is 22.2 Å². The second kappa shape index (κ2) is 16.9. The monoisotopic (exact) mass is 775 g/mol. The molecule has 14 nitrogen and oxygen atoms in total. The molecule has 4 amide bonds. The second-order valence-electron chi connectivity index (χ2n) is 16.1. The first-order valence-electron chi connectivity index (χ1n) is 19.3. The Labute approximate surface area is 316 Å². The standard InChI is InChI=1S/C38H54FN5O9S/c1-38(2,3)53-37(48)41-30(23-39)25-9-11-26(12-10-25)36(47)44-16-15-29(24-7-5-4-6-8-24)33(44)35(46)40-28-13-14-31-27(21-28)22-32(52-31)34(45)42-54(49,50)43-17-19-51-20-18-43/h13-14,21-22,24-26,29-30,33H,4-12,15-20,23H2,1-3H3,(H,40,46)(H,41,48)(H,42,45)/t25?,26?,29-,30+,33-/m0/s1. The van der Waals surface area contributed by atoms with Crippen LogP contribution in [0, 0.1) is 23.7 Å². The molecule has 6 rings (SSSR count). The highest BCUT2D eigenvalue weighted by atomic mass is 32.2. The highest BCUT2D eigenvalue weighted by molar-refractivity contribution is 7.87. The Morgan fingerprint density at radius 1 is 0.944 bits per heavy atom. The van der Waals surface area contributed by atoms with Gasteiger partial charge in [0.05, 0.1) is 19.3 Å². The smallest absolute Gasteiger partial charge is 0.407 e. The normalized spacial score (nSPS) is 25.2. The number of nitrogens with zero attached hydrogens (tertiary/aromatic N) is 2. The summed E-state index contributed by atoms with van der Waals surface area (Å²) < 4.78 is 58.9. The van der Waals surface area contributed by atoms with Crippen LogP contribution in [-0.4, -0.2) is 98.6 Å². The number of alkyl halides is 1. The van der Waals surface area contributed by atoms with E-state index in [1.165, 1.54) is 12.5 Å². The molecule has 3 heterocycles. The van der Waals surface area contributed by atoms with Crippen molar-refractivity contribution >= 4 is 50.7 Å². The van der Waals surface area contributed by atoms with Gasteiger partial charge in [-0.15, -0.1) is 0 Å². The summed E-state index contributed by atoms with van der Waals surface area (Å²) in [7, 11) is -4.09. The van der Waals surface area contributed by atoms with Crippen LogP contribution in [0.4, 0.5) is 14.9 Å². The van der Waals surface area contributed by atoms with Crippen LogP contribution in [0.5, 0.6) is 0 Å². The summed E-state index contributed by atoms with van der Waals surface area (Å²) in [5.74, 6) is -1.52. The maximum absolute atomic E-state index is 14.2. The highest BCUT2D eigenvalue weighted by Gasteiger charge is 2.47. The van der Waals surface area contributed by atoms with Gasteiger partial charge in [0.25, 0.3) is 0 Å². The summed E-state index contributed by atoms with van der Waals surface area (Å²) in [6.45, 7) is 5.75. The van der Waals surface area contributed by atoms with Crippen molar-refractivity contribution in [2.75, 3.05) is 44.8 Å². The van der Waals surface area contributed by atoms with Crippen LogP contribution in [0.25, 0.3) is 11.0 Å². The molecule has 0 radical (unpaired) electrons. The van der Waals surface area contributed by atoms with Crippen molar-refractivity contribution in [2.45, 2.75) is 103 Å². The number of alkyl carbamates (subject to hydrolysis) is 1. The Balaban J connectivity index is 1.12. The van der Waals surface area contributed by atoms with Crippen LogP contribution in [0.15, 0.2) is 28.7 Å². The van der Waals surface area contributed by atoms with E-state index in [-0.39, 0.29) is 61.6 Å². The third kappa shape index (κ3) is 9.54. The molecule has 298 valence electrons. The number of morpholine rings is 1. The van der Waals surface area contributed by atoms with Gasteiger partial charge in [0.15, 0.2) is 5.76 Å². The van der Waals surface area contributed by atoms with Crippen LogP contribution in [-0.2, 0) is 29.3 Å². The number of hydrogen-bond donors (Lipinski definition) is 3. The minimum atomic E-state index is -4.09. The predicted octanol–water partition coefficient (Wildman–Crippen LogP) is 5.14. The topological polar surface area (TPSA) is 177 Å². The third-order valence-electron chi connectivity index (χ3n) is 11.3. The number of ether oxygens (including phenoxy) is 2. The number of fused-ring (bicyclic) bond motifs is 1. The molecule has 54 heavy (non-hydrogen) atoms. The Morgan fingerprint density at radius 2 is 1.65 bits per heavy atom. The van der Waals surface area contributed by atoms with E-state index in [0.29, 0.717) is 54.8 Å². The van der Waals surface area contributed by atoms with Gasteiger partial charge in [-0.05, 0) is 94.9 Å². The van der Waals surface area contributed by atoms with Gasteiger partial charge in [-0.25, -0.2) is 13.9 Å². The minimum absolute atomic E-state index is 0.0147. The Bertz CT molecular complexity index is 1780. The Hall–Kier alpha value is -3.76.